The molecular formula is C11H10N2O2. The molecule has 0 fully saturated rings. The number of benzene rings is 1. The van der Waals surface area contributed by atoms with Crippen LogP contribution in [0.1, 0.15) is 0 Å². The molecule has 1 heterocycles. The number of aromatic hydroxyl groups is 1. The molecule has 4 nitrogen and oxygen atoms in total. The van der Waals surface area contributed by atoms with E-state index in [0.717, 1.165) is 11.3 Å². The van der Waals surface area contributed by atoms with Gasteiger partial charge in [-0.05, 0) is 12.1 Å². The average molecular weight is 202 g/mol. The van der Waals surface area contributed by atoms with Crippen molar-refractivity contribution in [1.82, 2.24) is 9.97 Å². The minimum Gasteiger partial charge on any atom is -0.508 e. The normalized spacial score (nSPS) is 9.93. The molecule has 15 heavy (non-hydrogen) atoms. The Labute approximate surface area is 87.2 Å². The second kappa shape index (κ2) is 3.96. The zero-order valence-corrected chi connectivity index (χ0v) is 8.21. The number of hydrogen-bond acceptors (Lipinski definition) is 4. The first kappa shape index (κ1) is 9.45. The van der Waals surface area contributed by atoms with Crippen molar-refractivity contribution in [1.29, 1.82) is 0 Å². The number of ether oxygens (including phenoxy) is 1. The second-order valence-electron chi connectivity index (χ2n) is 3.00. The van der Waals surface area contributed by atoms with Crippen LogP contribution in [0.25, 0.3) is 11.3 Å². The van der Waals surface area contributed by atoms with Gasteiger partial charge in [-0.1, -0.05) is 12.1 Å². The molecule has 2 rings (SSSR count). The fraction of sp³-hybridized carbons (Fsp3) is 0.0909. The van der Waals surface area contributed by atoms with Crippen molar-refractivity contribution in [2.45, 2.75) is 0 Å². The van der Waals surface area contributed by atoms with Gasteiger partial charge in [0.2, 0.25) is 5.88 Å². The Morgan fingerprint density at radius 1 is 1.20 bits per heavy atom. The van der Waals surface area contributed by atoms with E-state index in [-0.39, 0.29) is 5.75 Å². The van der Waals surface area contributed by atoms with E-state index in [4.69, 9.17) is 4.74 Å². The molecule has 0 unspecified atom stereocenters. The third-order valence-corrected chi connectivity index (χ3v) is 1.99. The van der Waals surface area contributed by atoms with Gasteiger partial charge in [0.05, 0.1) is 12.8 Å². The molecule has 0 atom stereocenters. The summed E-state index contributed by atoms with van der Waals surface area (Å²) in [5.41, 5.74) is 1.55. The lowest BCUT2D eigenvalue weighted by Crippen LogP contribution is -1.90. The van der Waals surface area contributed by atoms with Crippen LogP contribution in [0.15, 0.2) is 36.7 Å². The summed E-state index contributed by atoms with van der Waals surface area (Å²) in [5.74, 6) is 0.716. The SMILES string of the molecule is COc1cc(-c2cccc(O)c2)ncn1. The van der Waals surface area contributed by atoms with Gasteiger partial charge in [0.1, 0.15) is 12.1 Å². The van der Waals surface area contributed by atoms with E-state index in [1.54, 1.807) is 31.4 Å². The molecule has 0 saturated carbocycles. The van der Waals surface area contributed by atoms with Crippen molar-refractivity contribution in [2.24, 2.45) is 0 Å². The second-order valence-corrected chi connectivity index (χ2v) is 3.00. The van der Waals surface area contributed by atoms with Crippen LogP contribution in [0.4, 0.5) is 0 Å². The molecular weight excluding hydrogens is 192 g/mol. The van der Waals surface area contributed by atoms with Gasteiger partial charge in [0.25, 0.3) is 0 Å². The lowest BCUT2D eigenvalue weighted by Gasteiger charge is -2.02. The Kier molecular flexibility index (Phi) is 2.49. The third-order valence-electron chi connectivity index (χ3n) is 1.99. The zero-order valence-electron chi connectivity index (χ0n) is 8.21. The van der Waals surface area contributed by atoms with Gasteiger partial charge in [-0.3, -0.25) is 0 Å². The quantitative estimate of drug-likeness (QED) is 0.807. The number of phenols is 1. The predicted molar refractivity (Wildman–Crippen MR) is 55.7 cm³/mol. The van der Waals surface area contributed by atoms with E-state index >= 15 is 0 Å². The van der Waals surface area contributed by atoms with E-state index in [1.165, 1.54) is 6.33 Å². The van der Waals surface area contributed by atoms with Crippen LogP contribution in [0, 0.1) is 0 Å². The van der Waals surface area contributed by atoms with E-state index < -0.39 is 0 Å². The first-order valence-corrected chi connectivity index (χ1v) is 4.45. The Bertz CT molecular complexity index is 472. The number of rotatable bonds is 2. The summed E-state index contributed by atoms with van der Waals surface area (Å²) >= 11 is 0. The van der Waals surface area contributed by atoms with Crippen molar-refractivity contribution in [3.05, 3.63) is 36.7 Å². The molecule has 0 aliphatic rings. The Morgan fingerprint density at radius 3 is 2.80 bits per heavy atom. The summed E-state index contributed by atoms with van der Waals surface area (Å²) in [6.45, 7) is 0. The van der Waals surface area contributed by atoms with Crippen molar-refractivity contribution in [3.8, 4) is 22.9 Å². The van der Waals surface area contributed by atoms with E-state index in [2.05, 4.69) is 9.97 Å². The Morgan fingerprint density at radius 2 is 2.07 bits per heavy atom. The van der Waals surface area contributed by atoms with Crippen molar-refractivity contribution in [3.63, 3.8) is 0 Å². The maximum Gasteiger partial charge on any atom is 0.216 e. The average Bonchev–Trinajstić information content (AvgIpc) is 2.29. The molecule has 1 aromatic heterocycles. The lowest BCUT2D eigenvalue weighted by molar-refractivity contribution is 0.397. The number of aromatic nitrogens is 2. The minimum absolute atomic E-state index is 0.213. The fourth-order valence-corrected chi connectivity index (χ4v) is 1.27. The van der Waals surface area contributed by atoms with Crippen LogP contribution in [0.3, 0.4) is 0 Å². The van der Waals surface area contributed by atoms with E-state index in [0.29, 0.717) is 5.88 Å². The van der Waals surface area contributed by atoms with Gasteiger partial charge >= 0.3 is 0 Å². The van der Waals surface area contributed by atoms with E-state index in [9.17, 15) is 5.11 Å². The monoisotopic (exact) mass is 202 g/mol. The predicted octanol–water partition coefficient (Wildman–Crippen LogP) is 1.86. The summed E-state index contributed by atoms with van der Waals surface area (Å²) < 4.78 is 4.99. The molecule has 1 aromatic carbocycles. The van der Waals surface area contributed by atoms with Crippen LogP contribution in [-0.4, -0.2) is 22.2 Å². The lowest BCUT2D eigenvalue weighted by atomic mass is 10.1. The van der Waals surface area contributed by atoms with Gasteiger partial charge in [-0.25, -0.2) is 9.97 Å². The molecule has 2 aromatic rings. The van der Waals surface area contributed by atoms with Crippen molar-refractivity contribution >= 4 is 0 Å². The smallest absolute Gasteiger partial charge is 0.216 e. The van der Waals surface area contributed by atoms with Crippen LogP contribution >= 0.6 is 0 Å². The van der Waals surface area contributed by atoms with Crippen molar-refractivity contribution < 1.29 is 9.84 Å². The summed E-state index contributed by atoms with van der Waals surface area (Å²) in [6, 6.07) is 8.60. The van der Waals surface area contributed by atoms with Gasteiger partial charge < -0.3 is 9.84 Å². The zero-order chi connectivity index (χ0) is 10.7. The summed E-state index contributed by atoms with van der Waals surface area (Å²) in [4.78, 5) is 8.01. The maximum atomic E-state index is 9.33. The molecule has 0 amide bonds. The van der Waals surface area contributed by atoms with E-state index in [1.807, 2.05) is 6.07 Å². The number of hydrogen-bond donors (Lipinski definition) is 1. The van der Waals surface area contributed by atoms with Crippen LogP contribution in [-0.2, 0) is 0 Å². The third kappa shape index (κ3) is 2.04. The number of phenolic OH excluding ortho intramolecular Hbond substituents is 1. The number of nitrogens with zero attached hydrogens (tertiary/aromatic N) is 2. The van der Waals surface area contributed by atoms with Crippen LogP contribution < -0.4 is 4.74 Å². The molecule has 76 valence electrons. The largest absolute Gasteiger partial charge is 0.508 e. The van der Waals surface area contributed by atoms with Crippen molar-refractivity contribution in [2.75, 3.05) is 7.11 Å². The molecule has 0 aliphatic heterocycles. The summed E-state index contributed by atoms with van der Waals surface area (Å²) in [6.07, 6.45) is 1.43. The Balaban J connectivity index is 2.44. The molecule has 1 N–H and O–H groups in total. The van der Waals surface area contributed by atoms with Gasteiger partial charge in [0.15, 0.2) is 0 Å². The number of methoxy groups -OCH3 is 1. The summed E-state index contributed by atoms with van der Waals surface area (Å²) in [7, 11) is 1.55. The first-order chi connectivity index (χ1) is 7.29. The van der Waals surface area contributed by atoms with Crippen LogP contribution in [0.2, 0.25) is 0 Å². The van der Waals surface area contributed by atoms with Gasteiger partial charge in [-0.2, -0.15) is 0 Å². The topological polar surface area (TPSA) is 55.2 Å². The molecule has 4 heteroatoms. The molecule has 0 bridgehead atoms. The standard InChI is InChI=1S/C11H10N2O2/c1-15-11-6-10(12-7-13-11)8-3-2-4-9(14)5-8/h2-7,14H,1H3. The highest BCUT2D eigenvalue weighted by Gasteiger charge is 2.02. The highest BCUT2D eigenvalue weighted by molar-refractivity contribution is 5.61. The van der Waals surface area contributed by atoms with Gasteiger partial charge in [0, 0.05) is 11.6 Å². The molecule has 0 saturated heterocycles. The Hall–Kier alpha value is -2.10. The molecule has 0 radical (unpaired) electrons. The fourth-order valence-electron chi connectivity index (χ4n) is 1.27. The van der Waals surface area contributed by atoms with Gasteiger partial charge in [-0.15, -0.1) is 0 Å². The highest BCUT2D eigenvalue weighted by atomic mass is 16.5. The maximum absolute atomic E-state index is 9.33. The molecule has 0 spiro atoms. The highest BCUT2D eigenvalue weighted by Crippen LogP contribution is 2.22. The minimum atomic E-state index is 0.213. The summed E-state index contributed by atoms with van der Waals surface area (Å²) in [5, 5.41) is 9.33. The molecule has 0 aliphatic carbocycles. The van der Waals surface area contributed by atoms with Crippen LogP contribution in [0.5, 0.6) is 11.6 Å². The first-order valence-electron chi connectivity index (χ1n) is 4.45.